The lowest BCUT2D eigenvalue weighted by atomic mass is 9.82. The molecule has 34 nitrogen and oxygen atoms in total. The van der Waals surface area contributed by atoms with Gasteiger partial charge in [0.05, 0.1) is 33.0 Å². The van der Waals surface area contributed by atoms with Crippen molar-refractivity contribution in [2.45, 2.75) is 30.5 Å². The molecule has 19 N–H and O–H groups in total. The predicted molar refractivity (Wildman–Crippen MR) is 280 cm³/mol. The maximum Gasteiger partial charge on any atom is 0.344 e. The SMILES string of the molecule is O=C(OC1COC(=O)c2cc(O)c(O)c(O)c2-c2c(cc(O)c(O)c2O)C(=O)OC1C1OC(=O)c2cc(O)c(O)c(O)c2-c2c(O)c(O)c(O)c3c2C(=O)OC1C3O)c1cc(O)c(O)c(O)c1Oc1cc2c(=O)oc3c(O)c(O)cc4c(=O)oc(c1O)c2c34. The smallest absolute Gasteiger partial charge is 0.344 e. The van der Waals surface area contributed by atoms with Crippen LogP contribution in [0.15, 0.2) is 54.8 Å². The number of carbonyl (C=O) groups excluding carboxylic acids is 5. The number of rotatable bonds is 5. The van der Waals surface area contributed by atoms with Crippen molar-refractivity contribution in [2.75, 3.05) is 6.61 Å². The number of carbonyl (C=O) groups is 5. The van der Waals surface area contributed by atoms with E-state index in [0.717, 1.165) is 6.07 Å². The van der Waals surface area contributed by atoms with Crippen molar-refractivity contribution >= 4 is 62.6 Å². The zero-order valence-corrected chi connectivity index (χ0v) is 43.2. The van der Waals surface area contributed by atoms with Gasteiger partial charge in [-0.15, -0.1) is 0 Å². The molecule has 0 fully saturated rings. The Morgan fingerprint density at radius 2 is 0.854 bits per heavy atom. The van der Waals surface area contributed by atoms with E-state index in [4.69, 9.17) is 37.3 Å². The van der Waals surface area contributed by atoms with Crippen molar-refractivity contribution in [1.29, 1.82) is 0 Å². The summed E-state index contributed by atoms with van der Waals surface area (Å²) in [5, 5.41) is 208. The summed E-state index contributed by atoms with van der Waals surface area (Å²) < 4.78 is 44.3. The monoisotopic (exact) mass is 1240 g/mol. The molecule has 4 bridgehead atoms. The molecule has 13 rings (SSSR count). The van der Waals surface area contributed by atoms with Crippen molar-refractivity contribution < 1.29 is 158 Å². The Morgan fingerprint density at radius 3 is 1.40 bits per heavy atom. The van der Waals surface area contributed by atoms with E-state index >= 15 is 9.59 Å². The number of aliphatic hydroxyl groups is 1. The quantitative estimate of drug-likeness (QED) is 0.0387. The van der Waals surface area contributed by atoms with Crippen LogP contribution in [0.25, 0.3) is 55.0 Å². The molecular formula is C55H32O34. The van der Waals surface area contributed by atoms with Crippen LogP contribution in [0.2, 0.25) is 0 Å². The molecule has 0 aliphatic carbocycles. The second kappa shape index (κ2) is 19.3. The van der Waals surface area contributed by atoms with Gasteiger partial charge in [0.1, 0.15) is 18.3 Å². The van der Waals surface area contributed by atoms with Gasteiger partial charge in [0.2, 0.25) is 46.0 Å². The Balaban J connectivity index is 1.08. The topological polar surface area (TPSA) is 586 Å². The summed E-state index contributed by atoms with van der Waals surface area (Å²) in [7, 11) is 0. The molecule has 5 unspecified atom stereocenters. The predicted octanol–water partition coefficient (Wildman–Crippen LogP) is 3.05. The summed E-state index contributed by atoms with van der Waals surface area (Å²) in [5.74, 6) is -38.8. The second-order valence-electron chi connectivity index (χ2n) is 19.7. The first-order chi connectivity index (χ1) is 41.9. The first-order valence-electron chi connectivity index (χ1n) is 24.7. The third kappa shape index (κ3) is 7.96. The zero-order valence-electron chi connectivity index (χ0n) is 43.2. The van der Waals surface area contributed by atoms with Crippen LogP contribution in [0.3, 0.4) is 0 Å². The van der Waals surface area contributed by atoms with Crippen LogP contribution in [-0.4, -0.2) is 158 Å². The van der Waals surface area contributed by atoms with Gasteiger partial charge in [-0.25, -0.2) is 33.6 Å². The molecule has 0 saturated carbocycles. The lowest BCUT2D eigenvalue weighted by Crippen LogP contribution is -2.56. The maximum absolute atomic E-state index is 15.1. The minimum atomic E-state index is -3.06. The number of esters is 5. The van der Waals surface area contributed by atoms with Gasteiger partial charge in [-0.3, -0.25) is 0 Å². The molecule has 7 aromatic carbocycles. The van der Waals surface area contributed by atoms with Crippen LogP contribution in [0.4, 0.5) is 0 Å². The maximum atomic E-state index is 15.1. The number of phenols is 18. The number of hydrogen-bond acceptors (Lipinski definition) is 34. The summed E-state index contributed by atoms with van der Waals surface area (Å²) >= 11 is 0. The van der Waals surface area contributed by atoms with Gasteiger partial charge in [0.15, 0.2) is 105 Å². The fraction of sp³-hybridized carbons (Fsp3) is 0.109. The van der Waals surface area contributed by atoms with E-state index in [1.807, 2.05) is 0 Å². The van der Waals surface area contributed by atoms with Gasteiger partial charge in [0.25, 0.3) is 0 Å². The second-order valence-corrected chi connectivity index (χ2v) is 19.7. The number of fused-ring (bicyclic) bond motifs is 6. The largest absolute Gasteiger partial charge is 0.504 e. The van der Waals surface area contributed by atoms with Crippen molar-refractivity contribution in [2.24, 2.45) is 0 Å². The molecule has 0 spiro atoms. The highest BCUT2D eigenvalue weighted by Crippen LogP contribution is 2.59. The highest BCUT2D eigenvalue weighted by atomic mass is 16.6. The van der Waals surface area contributed by atoms with Gasteiger partial charge in [-0.2, -0.15) is 0 Å². The fourth-order valence-corrected chi connectivity index (χ4v) is 10.6. The van der Waals surface area contributed by atoms with E-state index in [9.17, 15) is 121 Å². The van der Waals surface area contributed by atoms with Crippen LogP contribution in [0, 0.1) is 0 Å². The third-order valence-corrected chi connectivity index (χ3v) is 14.7. The van der Waals surface area contributed by atoms with E-state index in [1.165, 1.54) is 0 Å². The summed E-state index contributed by atoms with van der Waals surface area (Å²) in [6.07, 6.45) is -14.6. The standard InChI is InChI=1S/C55H32O34/c56-14-1-8-21(35(67)29(14)61)22-9(2-15(57)30(62)36(22)68)50(76)85-44(48-47-40(72)28-27(55(81)88-47)26(38(70)41(73)39(28)71)23-10(51(77)89-48)3-16(58)31(63)37(23)69)20(7-82-49(8)75)84-54(80)13-5-17(59)32(64)42(74)43(13)83-19-6-12-25-24-11(52(78)87-46(25)34(19)66)4-18(60)33(65)45(24)86-53(12)79/h1-6,20,40,44,47-48,56-74H,7H2. The molecule has 456 valence electrons. The molecule has 34 heteroatoms. The van der Waals surface area contributed by atoms with Crippen LogP contribution < -0.4 is 16.0 Å². The van der Waals surface area contributed by atoms with Gasteiger partial charge < -0.3 is 134 Å². The average molecular weight is 1240 g/mol. The highest BCUT2D eigenvalue weighted by molar-refractivity contribution is 6.22. The zero-order chi connectivity index (χ0) is 64.3. The molecule has 0 radical (unpaired) electrons. The van der Waals surface area contributed by atoms with Crippen LogP contribution in [-0.2, 0) is 23.7 Å². The molecular weight excluding hydrogens is 1200 g/mol. The van der Waals surface area contributed by atoms with Crippen molar-refractivity contribution in [1.82, 2.24) is 0 Å². The Hall–Kier alpha value is -13.0. The van der Waals surface area contributed by atoms with E-state index in [2.05, 4.69) is 0 Å². The number of ether oxygens (including phenoxy) is 6. The normalized spacial score (nSPS) is 18.1. The number of cyclic esters (lactones) is 2. The summed E-state index contributed by atoms with van der Waals surface area (Å²) in [5.41, 5.74) is -17.1. The lowest BCUT2D eigenvalue weighted by molar-refractivity contribution is -0.154. The van der Waals surface area contributed by atoms with Gasteiger partial charge in [-0.1, -0.05) is 0 Å². The van der Waals surface area contributed by atoms with E-state index in [1.54, 1.807) is 0 Å². The molecule has 0 amide bonds. The molecule has 89 heavy (non-hydrogen) atoms. The summed E-state index contributed by atoms with van der Waals surface area (Å²) in [6.45, 7) is -1.74. The molecule has 0 saturated heterocycles. The van der Waals surface area contributed by atoms with Crippen LogP contribution in [0.5, 0.6) is 115 Å². The minimum Gasteiger partial charge on any atom is -0.504 e. The molecule has 4 aliphatic heterocycles. The number of benzene rings is 7. The van der Waals surface area contributed by atoms with E-state index in [0.29, 0.717) is 18.2 Å². The third-order valence-electron chi connectivity index (χ3n) is 14.7. The molecule has 5 atom stereocenters. The highest BCUT2D eigenvalue weighted by Gasteiger charge is 2.55. The number of aromatic hydroxyl groups is 18. The average Bonchev–Trinajstić information content (AvgIpc) is 0.795. The van der Waals surface area contributed by atoms with Gasteiger partial charge in [0, 0.05) is 50.7 Å². The first kappa shape index (κ1) is 56.5. The summed E-state index contributed by atoms with van der Waals surface area (Å²) in [6, 6.07) is 2.46. The Morgan fingerprint density at radius 1 is 0.416 bits per heavy atom. The molecule has 4 aliphatic rings. The Labute approximate surface area is 484 Å². The van der Waals surface area contributed by atoms with Gasteiger partial charge >= 0.3 is 41.1 Å². The van der Waals surface area contributed by atoms with Crippen LogP contribution in [0.1, 0.15) is 63.5 Å². The van der Waals surface area contributed by atoms with E-state index in [-0.39, 0.29) is 12.1 Å². The first-order valence-corrected chi connectivity index (χ1v) is 24.7. The molecule has 6 heterocycles. The Kier molecular flexibility index (Phi) is 12.2. The number of phenolic OH excluding ortho intramolecular Hbond substituents is 18. The summed E-state index contributed by atoms with van der Waals surface area (Å²) in [4.78, 5) is 101. The van der Waals surface area contributed by atoms with Crippen molar-refractivity contribution in [3.63, 3.8) is 0 Å². The number of aliphatic hydroxyl groups excluding tert-OH is 1. The van der Waals surface area contributed by atoms with Crippen molar-refractivity contribution in [3.05, 3.63) is 90.6 Å². The number of hydrogen-bond donors (Lipinski definition) is 19. The Bertz CT molecular complexity index is 4900. The van der Waals surface area contributed by atoms with Crippen LogP contribution >= 0.6 is 0 Å². The van der Waals surface area contributed by atoms with E-state index < -0.39 is 282 Å². The lowest BCUT2D eigenvalue weighted by Gasteiger charge is -2.40. The molecule has 2 aromatic heterocycles. The fourth-order valence-electron chi connectivity index (χ4n) is 10.6. The van der Waals surface area contributed by atoms with Crippen molar-refractivity contribution in [3.8, 4) is 137 Å². The minimum absolute atomic E-state index is 0.236. The van der Waals surface area contributed by atoms with Gasteiger partial charge in [-0.05, 0) is 24.3 Å². The molecule has 9 aromatic rings.